The second-order valence-corrected chi connectivity index (χ2v) is 7.41. The quantitative estimate of drug-likeness (QED) is 0.375. The lowest BCUT2D eigenvalue weighted by Gasteiger charge is -2.05. The van der Waals surface area contributed by atoms with Gasteiger partial charge in [0.15, 0.2) is 0 Å². The van der Waals surface area contributed by atoms with Gasteiger partial charge in [-0.15, -0.1) is 0 Å². The average molecular weight is 384 g/mol. The van der Waals surface area contributed by atoms with Crippen LogP contribution in [0.1, 0.15) is 11.1 Å². The molecule has 0 bridgehead atoms. The highest BCUT2D eigenvalue weighted by Gasteiger charge is 2.28. The molecule has 0 atom stereocenters. The van der Waals surface area contributed by atoms with Crippen LogP contribution in [0.25, 0.3) is 12.2 Å². The molecule has 3 rings (SSSR count). The Kier molecular flexibility index (Phi) is 5.09. The maximum Gasteiger partial charge on any atom is 0.306 e. The minimum absolute atomic E-state index is 0.0942. The van der Waals surface area contributed by atoms with Gasteiger partial charge in [-0.2, -0.15) is 0 Å². The molecule has 0 unspecified atom stereocenters. The van der Waals surface area contributed by atoms with Crippen molar-refractivity contribution in [1.82, 2.24) is 4.98 Å². The predicted molar refractivity (Wildman–Crippen MR) is 98.1 cm³/mol. The van der Waals surface area contributed by atoms with Crippen molar-refractivity contribution >= 4 is 27.7 Å². The van der Waals surface area contributed by atoms with Crippen LogP contribution in [-0.4, -0.2) is 18.3 Å². The van der Waals surface area contributed by atoms with Crippen LogP contribution in [0.4, 0.5) is 10.1 Å². The summed E-state index contributed by atoms with van der Waals surface area (Å²) in [5.74, 6) is -0.328. The fourth-order valence-corrected chi connectivity index (χ4v) is 3.70. The van der Waals surface area contributed by atoms with Crippen LogP contribution in [0.15, 0.2) is 76.8 Å². The summed E-state index contributed by atoms with van der Waals surface area (Å²) >= 11 is 0. The number of benzene rings is 2. The molecule has 3 aromatic rings. The maximum absolute atomic E-state index is 12.9. The van der Waals surface area contributed by atoms with Crippen molar-refractivity contribution in [3.05, 3.63) is 93.9 Å². The maximum atomic E-state index is 12.9. The Hall–Kier alpha value is -3.39. The molecule has 0 aliphatic rings. The summed E-state index contributed by atoms with van der Waals surface area (Å²) in [6.45, 7) is 0. The Morgan fingerprint density at radius 3 is 2.04 bits per heavy atom. The van der Waals surface area contributed by atoms with E-state index in [4.69, 9.17) is 0 Å². The zero-order valence-corrected chi connectivity index (χ0v) is 14.6. The van der Waals surface area contributed by atoms with Gasteiger partial charge in [-0.1, -0.05) is 36.4 Å². The van der Waals surface area contributed by atoms with Gasteiger partial charge in [-0.3, -0.25) is 10.1 Å². The van der Waals surface area contributed by atoms with Crippen LogP contribution >= 0.6 is 0 Å². The number of nitrogens with zero attached hydrogens (tertiary/aromatic N) is 2. The molecule has 8 heteroatoms. The minimum atomic E-state index is -4.12. The summed E-state index contributed by atoms with van der Waals surface area (Å²) in [5.41, 5.74) is 0.934. The van der Waals surface area contributed by atoms with Gasteiger partial charge < -0.3 is 0 Å². The summed E-state index contributed by atoms with van der Waals surface area (Å²) in [5, 5.41) is 10.5. The second-order valence-electron chi connectivity index (χ2n) is 5.54. The number of halogens is 1. The first-order valence-electron chi connectivity index (χ1n) is 7.76. The van der Waals surface area contributed by atoms with Crippen LogP contribution in [0, 0.1) is 15.9 Å². The third-order valence-electron chi connectivity index (χ3n) is 3.73. The van der Waals surface area contributed by atoms with Crippen molar-refractivity contribution in [2.75, 3.05) is 0 Å². The highest BCUT2D eigenvalue weighted by molar-refractivity contribution is 7.91. The number of sulfone groups is 1. The van der Waals surface area contributed by atoms with Gasteiger partial charge in [0.05, 0.1) is 9.82 Å². The number of aromatic nitrogens is 1. The Morgan fingerprint density at radius 1 is 0.926 bits per heavy atom. The lowest BCUT2D eigenvalue weighted by atomic mass is 10.1. The third kappa shape index (κ3) is 4.06. The van der Waals surface area contributed by atoms with Crippen molar-refractivity contribution in [3.63, 3.8) is 0 Å². The Bertz CT molecular complexity index is 1110. The van der Waals surface area contributed by atoms with Crippen molar-refractivity contribution in [2.45, 2.75) is 9.92 Å². The van der Waals surface area contributed by atoms with Crippen LogP contribution in [0.3, 0.4) is 0 Å². The van der Waals surface area contributed by atoms with Gasteiger partial charge in [0.25, 0.3) is 0 Å². The molecule has 0 fully saturated rings. The van der Waals surface area contributed by atoms with Crippen LogP contribution in [0.2, 0.25) is 0 Å². The van der Waals surface area contributed by atoms with Gasteiger partial charge in [0, 0.05) is 12.3 Å². The number of hydrogen-bond donors (Lipinski definition) is 0. The standard InChI is InChI=1S/C19H13FN2O4S/c20-16-9-5-14(6-10-16)3-4-15-7-11-17(12-8-15)27(25,26)19-18(22(23)24)2-1-13-21-19/h1-13H. The molecule has 0 saturated carbocycles. The van der Waals surface area contributed by atoms with Crippen molar-refractivity contribution in [1.29, 1.82) is 0 Å². The molecule has 0 aliphatic heterocycles. The molecule has 0 spiro atoms. The first-order chi connectivity index (χ1) is 12.9. The van der Waals surface area contributed by atoms with E-state index in [9.17, 15) is 22.9 Å². The Labute approximate surface area is 154 Å². The highest BCUT2D eigenvalue weighted by atomic mass is 32.2. The molecule has 136 valence electrons. The zero-order valence-electron chi connectivity index (χ0n) is 13.8. The van der Waals surface area contributed by atoms with Gasteiger partial charge in [0.2, 0.25) is 14.9 Å². The third-order valence-corrected chi connectivity index (χ3v) is 5.45. The van der Waals surface area contributed by atoms with Gasteiger partial charge in [0.1, 0.15) is 5.82 Å². The topological polar surface area (TPSA) is 90.2 Å². The number of hydrogen-bond acceptors (Lipinski definition) is 5. The number of rotatable bonds is 5. The fourth-order valence-electron chi connectivity index (χ4n) is 2.36. The Balaban J connectivity index is 1.89. The fraction of sp³-hybridized carbons (Fsp3) is 0. The van der Waals surface area contributed by atoms with Gasteiger partial charge >= 0.3 is 5.69 Å². The second kappa shape index (κ2) is 7.46. The van der Waals surface area contributed by atoms with E-state index in [1.807, 2.05) is 0 Å². The summed E-state index contributed by atoms with van der Waals surface area (Å²) in [6.07, 6.45) is 4.69. The highest BCUT2D eigenvalue weighted by Crippen LogP contribution is 2.27. The number of pyridine rings is 1. The molecule has 0 amide bonds. The lowest BCUT2D eigenvalue weighted by Crippen LogP contribution is -2.07. The molecular weight excluding hydrogens is 371 g/mol. The van der Waals surface area contributed by atoms with Crippen molar-refractivity contribution in [3.8, 4) is 0 Å². The SMILES string of the molecule is O=[N+]([O-])c1cccnc1S(=O)(=O)c1ccc(C=Cc2ccc(F)cc2)cc1. The lowest BCUT2D eigenvalue weighted by molar-refractivity contribution is -0.388. The molecular formula is C19H13FN2O4S. The van der Waals surface area contributed by atoms with E-state index >= 15 is 0 Å². The van der Waals surface area contributed by atoms with E-state index < -0.39 is 25.5 Å². The minimum Gasteiger partial charge on any atom is -0.258 e. The molecule has 27 heavy (non-hydrogen) atoms. The molecule has 0 aliphatic carbocycles. The molecule has 2 aromatic carbocycles. The predicted octanol–water partition coefficient (Wildman–Crippen LogP) is 4.13. The van der Waals surface area contributed by atoms with Gasteiger partial charge in [-0.05, 0) is 41.5 Å². The largest absolute Gasteiger partial charge is 0.306 e. The van der Waals surface area contributed by atoms with E-state index in [0.717, 1.165) is 11.6 Å². The van der Waals surface area contributed by atoms with Crippen LogP contribution in [-0.2, 0) is 9.84 Å². The van der Waals surface area contributed by atoms with E-state index in [0.29, 0.717) is 5.56 Å². The average Bonchev–Trinajstić information content (AvgIpc) is 2.68. The monoisotopic (exact) mass is 384 g/mol. The summed E-state index contributed by atoms with van der Waals surface area (Å²) in [6, 6.07) is 14.2. The summed E-state index contributed by atoms with van der Waals surface area (Å²) < 4.78 is 38.2. The van der Waals surface area contributed by atoms with Crippen LogP contribution in [0.5, 0.6) is 0 Å². The van der Waals surface area contributed by atoms with E-state index in [1.165, 1.54) is 36.5 Å². The Morgan fingerprint density at radius 2 is 1.48 bits per heavy atom. The van der Waals surface area contributed by atoms with Crippen LogP contribution < -0.4 is 0 Å². The summed E-state index contributed by atoms with van der Waals surface area (Å²) in [7, 11) is -4.12. The van der Waals surface area contributed by atoms with E-state index in [-0.39, 0.29) is 10.7 Å². The summed E-state index contributed by atoms with van der Waals surface area (Å²) in [4.78, 5) is 13.9. The van der Waals surface area contributed by atoms with Crippen molar-refractivity contribution in [2.24, 2.45) is 0 Å². The number of nitro groups is 1. The normalized spacial score (nSPS) is 11.6. The van der Waals surface area contributed by atoms with E-state index in [1.54, 1.807) is 36.4 Å². The zero-order chi connectivity index (χ0) is 19.4. The first-order valence-corrected chi connectivity index (χ1v) is 9.24. The molecule has 6 nitrogen and oxygen atoms in total. The molecule has 0 saturated heterocycles. The van der Waals surface area contributed by atoms with E-state index in [2.05, 4.69) is 4.98 Å². The molecule has 1 aromatic heterocycles. The molecule has 0 N–H and O–H groups in total. The smallest absolute Gasteiger partial charge is 0.258 e. The first kappa shape index (κ1) is 18.4. The van der Waals surface area contributed by atoms with Crippen molar-refractivity contribution < 1.29 is 17.7 Å². The molecule has 0 radical (unpaired) electrons. The molecule has 1 heterocycles. The van der Waals surface area contributed by atoms with Gasteiger partial charge in [-0.25, -0.2) is 17.8 Å².